The summed E-state index contributed by atoms with van der Waals surface area (Å²) in [6.07, 6.45) is 3.24. The second-order valence-corrected chi connectivity index (χ2v) is 9.17. The Hall–Kier alpha value is -2.53. The molecule has 1 aromatic carbocycles. The lowest BCUT2D eigenvalue weighted by Crippen LogP contribution is -2.34. The molecule has 5 heteroatoms. The fraction of sp³-hybridized carbons (Fsp3) is 0.458. The number of anilines is 1. The molecule has 2 N–H and O–H groups in total. The van der Waals surface area contributed by atoms with Crippen LogP contribution >= 0.6 is 0 Å². The van der Waals surface area contributed by atoms with Crippen LogP contribution in [-0.4, -0.2) is 50.5 Å². The molecule has 0 fully saturated rings. The number of fused-ring (bicyclic) bond motifs is 1. The number of H-pyrrole nitrogens is 1. The van der Waals surface area contributed by atoms with Crippen molar-refractivity contribution in [1.82, 2.24) is 15.2 Å². The number of nitrogens with zero attached hydrogens (tertiary/aromatic N) is 2. The van der Waals surface area contributed by atoms with E-state index in [4.69, 9.17) is 0 Å². The highest BCUT2D eigenvalue weighted by Gasteiger charge is 2.28. The predicted octanol–water partition coefficient (Wildman–Crippen LogP) is 4.39. The third-order valence-corrected chi connectivity index (χ3v) is 5.88. The first-order valence-electron chi connectivity index (χ1n) is 10.2. The molecule has 5 nitrogen and oxygen atoms in total. The number of aromatic amines is 1. The molecule has 0 saturated heterocycles. The molecule has 1 aromatic heterocycles. The third-order valence-electron chi connectivity index (χ3n) is 5.88. The van der Waals surface area contributed by atoms with Crippen LogP contribution in [0.4, 0.5) is 5.69 Å². The van der Waals surface area contributed by atoms with Gasteiger partial charge >= 0.3 is 0 Å². The molecule has 2 aromatic rings. The summed E-state index contributed by atoms with van der Waals surface area (Å²) in [6, 6.07) is 8.26. The number of carbonyl (C=O) groups is 1. The zero-order valence-corrected chi connectivity index (χ0v) is 18.6. The molecule has 1 amide bonds. The minimum absolute atomic E-state index is 0.0687. The number of benzene rings is 1. The average Bonchev–Trinajstić information content (AvgIpc) is 3.08. The van der Waals surface area contributed by atoms with Crippen LogP contribution < -0.4 is 10.2 Å². The van der Waals surface area contributed by atoms with Gasteiger partial charge in [0.2, 0.25) is 5.91 Å². The van der Waals surface area contributed by atoms with Crippen molar-refractivity contribution in [3.8, 4) is 0 Å². The van der Waals surface area contributed by atoms with Crippen molar-refractivity contribution < 1.29 is 4.79 Å². The molecule has 0 unspecified atom stereocenters. The van der Waals surface area contributed by atoms with E-state index in [0.29, 0.717) is 12.0 Å². The van der Waals surface area contributed by atoms with Gasteiger partial charge in [0, 0.05) is 42.1 Å². The number of hydrogen-bond acceptors (Lipinski definition) is 3. The number of carbonyl (C=O) groups excluding carboxylic acids is 1. The van der Waals surface area contributed by atoms with Crippen molar-refractivity contribution in [1.29, 1.82) is 0 Å². The lowest BCUT2D eigenvalue weighted by atomic mass is 9.75. The molecule has 156 valence electrons. The van der Waals surface area contributed by atoms with E-state index < -0.39 is 0 Å². The van der Waals surface area contributed by atoms with Gasteiger partial charge in [-0.15, -0.1) is 0 Å². The maximum atomic E-state index is 12.4. The first kappa shape index (κ1) is 21.2. The Labute approximate surface area is 174 Å². The molecule has 3 rings (SSSR count). The summed E-state index contributed by atoms with van der Waals surface area (Å²) in [5.74, 6) is 0.0687. The molecular weight excluding hydrogens is 360 g/mol. The van der Waals surface area contributed by atoms with Crippen molar-refractivity contribution >= 4 is 28.1 Å². The summed E-state index contributed by atoms with van der Waals surface area (Å²) in [7, 11) is 7.63. The van der Waals surface area contributed by atoms with Gasteiger partial charge in [0.05, 0.1) is 6.54 Å². The Balaban J connectivity index is 1.89. The molecular formula is C24H34N4O. The van der Waals surface area contributed by atoms with Crippen molar-refractivity contribution in [2.24, 2.45) is 5.41 Å². The standard InChI is InChI=1S/C24H34N4O/c1-16(19-10-11-24(2,3)14-22(19)25-4)20-12-17-8-9-18(13-21(17)26-20)28(7)23(29)15-27(5)6/h8-9,12-13,25-26H,1,10-11,14-15H2,2-7H3. The highest BCUT2D eigenvalue weighted by atomic mass is 16.2. The molecule has 0 bridgehead atoms. The first-order chi connectivity index (χ1) is 13.6. The third kappa shape index (κ3) is 4.56. The molecule has 0 atom stereocenters. The number of allylic oxidation sites excluding steroid dienone is 3. The van der Waals surface area contributed by atoms with E-state index in [1.165, 1.54) is 11.3 Å². The predicted molar refractivity (Wildman–Crippen MR) is 123 cm³/mol. The molecule has 0 aliphatic heterocycles. The van der Waals surface area contributed by atoms with Crippen molar-refractivity contribution in [3.05, 3.63) is 47.8 Å². The summed E-state index contributed by atoms with van der Waals surface area (Å²) < 4.78 is 0. The van der Waals surface area contributed by atoms with E-state index in [1.807, 2.05) is 45.2 Å². The quantitative estimate of drug-likeness (QED) is 0.764. The van der Waals surface area contributed by atoms with Crippen LogP contribution in [0.1, 0.15) is 38.8 Å². The van der Waals surface area contributed by atoms with Crippen LogP contribution in [0, 0.1) is 5.41 Å². The van der Waals surface area contributed by atoms with Crippen molar-refractivity contribution in [2.75, 3.05) is 39.6 Å². The van der Waals surface area contributed by atoms with E-state index >= 15 is 0 Å². The Morgan fingerprint density at radius 3 is 2.62 bits per heavy atom. The average molecular weight is 395 g/mol. The Morgan fingerprint density at radius 2 is 1.97 bits per heavy atom. The van der Waals surface area contributed by atoms with Crippen LogP contribution in [0.2, 0.25) is 0 Å². The Morgan fingerprint density at radius 1 is 1.24 bits per heavy atom. The monoisotopic (exact) mass is 394 g/mol. The fourth-order valence-electron chi connectivity index (χ4n) is 4.03. The van der Waals surface area contributed by atoms with Gasteiger partial charge in [-0.05, 0) is 68.1 Å². The lowest BCUT2D eigenvalue weighted by molar-refractivity contribution is -0.118. The van der Waals surface area contributed by atoms with Gasteiger partial charge in [0.15, 0.2) is 0 Å². The number of hydrogen-bond donors (Lipinski definition) is 2. The topological polar surface area (TPSA) is 51.4 Å². The summed E-state index contributed by atoms with van der Waals surface area (Å²) in [6.45, 7) is 9.44. The van der Waals surface area contributed by atoms with E-state index in [1.54, 1.807) is 4.90 Å². The van der Waals surface area contributed by atoms with Crippen LogP contribution in [0.3, 0.4) is 0 Å². The van der Waals surface area contributed by atoms with Crippen molar-refractivity contribution in [3.63, 3.8) is 0 Å². The van der Waals surface area contributed by atoms with Crippen LogP contribution in [0.25, 0.3) is 16.5 Å². The number of rotatable bonds is 6. The number of amides is 1. The first-order valence-corrected chi connectivity index (χ1v) is 10.2. The van der Waals surface area contributed by atoms with E-state index in [2.05, 4.69) is 42.9 Å². The van der Waals surface area contributed by atoms with Gasteiger partial charge in [-0.1, -0.05) is 26.5 Å². The van der Waals surface area contributed by atoms with Crippen molar-refractivity contribution in [2.45, 2.75) is 33.1 Å². The SMILES string of the molecule is C=C(C1=C(NC)CC(C)(C)CC1)c1cc2ccc(N(C)C(=O)CN(C)C)cc2[nH]1. The molecule has 1 aliphatic carbocycles. The Bertz CT molecular complexity index is 964. The van der Waals surface area contributed by atoms with Gasteiger partial charge in [-0.2, -0.15) is 0 Å². The second kappa shape index (κ2) is 8.07. The number of aromatic nitrogens is 1. The van der Waals surface area contributed by atoms with E-state index in [9.17, 15) is 4.79 Å². The maximum Gasteiger partial charge on any atom is 0.240 e. The van der Waals surface area contributed by atoms with Gasteiger partial charge in [-0.25, -0.2) is 0 Å². The fourth-order valence-corrected chi connectivity index (χ4v) is 4.03. The summed E-state index contributed by atoms with van der Waals surface area (Å²) in [5.41, 5.74) is 6.93. The number of likely N-dealkylation sites (N-methyl/N-ethyl adjacent to an activating group) is 2. The summed E-state index contributed by atoms with van der Waals surface area (Å²) >= 11 is 0. The van der Waals surface area contributed by atoms with Gasteiger partial charge in [0.1, 0.15) is 0 Å². The molecule has 1 heterocycles. The normalized spacial score (nSPS) is 16.4. The Kier molecular flexibility index (Phi) is 5.90. The minimum Gasteiger partial charge on any atom is -0.391 e. The maximum absolute atomic E-state index is 12.4. The number of nitrogens with one attached hydrogen (secondary N) is 2. The largest absolute Gasteiger partial charge is 0.391 e. The zero-order valence-electron chi connectivity index (χ0n) is 18.6. The summed E-state index contributed by atoms with van der Waals surface area (Å²) in [4.78, 5) is 19.5. The minimum atomic E-state index is 0.0687. The smallest absolute Gasteiger partial charge is 0.240 e. The van der Waals surface area contributed by atoms with Crippen LogP contribution in [0.5, 0.6) is 0 Å². The van der Waals surface area contributed by atoms with E-state index in [0.717, 1.165) is 47.1 Å². The molecule has 1 aliphatic rings. The zero-order chi connectivity index (χ0) is 21.3. The molecule has 0 radical (unpaired) electrons. The van der Waals surface area contributed by atoms with Gasteiger partial charge in [-0.3, -0.25) is 4.79 Å². The summed E-state index contributed by atoms with van der Waals surface area (Å²) in [5, 5.41) is 4.53. The molecule has 0 saturated carbocycles. The van der Waals surface area contributed by atoms with Gasteiger partial charge in [0.25, 0.3) is 0 Å². The van der Waals surface area contributed by atoms with Crippen LogP contribution in [-0.2, 0) is 4.79 Å². The second-order valence-electron chi connectivity index (χ2n) is 9.17. The van der Waals surface area contributed by atoms with Gasteiger partial charge < -0.3 is 20.1 Å². The van der Waals surface area contributed by atoms with E-state index in [-0.39, 0.29) is 5.91 Å². The molecule has 0 spiro atoms. The lowest BCUT2D eigenvalue weighted by Gasteiger charge is -2.33. The van der Waals surface area contributed by atoms with Crippen LogP contribution in [0.15, 0.2) is 42.1 Å². The highest BCUT2D eigenvalue weighted by Crippen LogP contribution is 2.42. The molecule has 29 heavy (non-hydrogen) atoms. The highest BCUT2D eigenvalue weighted by molar-refractivity contribution is 5.97.